The molecule has 2 rings (SSSR count). The molecule has 1 N–H and O–H groups in total. The lowest BCUT2D eigenvalue weighted by Crippen LogP contribution is -2.22. The molecule has 6 nitrogen and oxygen atoms in total. The quantitative estimate of drug-likeness (QED) is 0.934. The van der Waals surface area contributed by atoms with Gasteiger partial charge in [0.05, 0.1) is 17.3 Å². The van der Waals surface area contributed by atoms with Crippen molar-refractivity contribution in [2.24, 2.45) is 0 Å². The summed E-state index contributed by atoms with van der Waals surface area (Å²) in [4.78, 5) is 4.42. The zero-order valence-corrected chi connectivity index (χ0v) is 14.9. The summed E-state index contributed by atoms with van der Waals surface area (Å²) in [7, 11) is 0. The SMILES string of the molecule is Cc1nn(C(C)(C)C)cc1C(C)Nc1noc(C(C)(C)C)n1. The molecule has 0 aliphatic heterocycles. The van der Waals surface area contributed by atoms with Crippen LogP contribution in [0.5, 0.6) is 0 Å². The smallest absolute Gasteiger partial charge is 0.263 e. The zero-order chi connectivity index (χ0) is 16.7. The van der Waals surface area contributed by atoms with E-state index in [9.17, 15) is 0 Å². The van der Waals surface area contributed by atoms with Gasteiger partial charge in [0.1, 0.15) is 0 Å². The maximum absolute atomic E-state index is 5.31. The van der Waals surface area contributed by atoms with Gasteiger partial charge in [-0.25, -0.2) is 0 Å². The first kappa shape index (κ1) is 16.5. The summed E-state index contributed by atoms with van der Waals surface area (Å²) >= 11 is 0. The van der Waals surface area contributed by atoms with Crippen LogP contribution >= 0.6 is 0 Å². The number of aryl methyl sites for hydroxylation is 1. The highest BCUT2D eigenvalue weighted by Crippen LogP contribution is 2.25. The van der Waals surface area contributed by atoms with Crippen LogP contribution in [-0.2, 0) is 11.0 Å². The second-order valence-corrected chi connectivity index (χ2v) is 7.82. The molecule has 2 heterocycles. The number of hydrogen-bond donors (Lipinski definition) is 1. The molecule has 0 bridgehead atoms. The van der Waals surface area contributed by atoms with Gasteiger partial charge in [-0.2, -0.15) is 10.1 Å². The average molecular weight is 305 g/mol. The second kappa shape index (κ2) is 5.41. The Kier molecular flexibility index (Phi) is 4.06. The maximum Gasteiger partial charge on any atom is 0.263 e. The van der Waals surface area contributed by atoms with Crippen molar-refractivity contribution in [1.82, 2.24) is 19.9 Å². The molecule has 2 aromatic heterocycles. The summed E-state index contributed by atoms with van der Waals surface area (Å²) in [6.07, 6.45) is 2.08. The molecule has 0 aliphatic rings. The largest absolute Gasteiger partial charge is 0.345 e. The van der Waals surface area contributed by atoms with E-state index in [0.717, 1.165) is 11.3 Å². The lowest BCUT2D eigenvalue weighted by atomic mass is 9.97. The standard InChI is InChI=1S/C16H27N5O/c1-10(12-9-21(16(6,7)8)19-11(12)2)17-14-18-13(22-20-14)15(3,4)5/h9-10H,1-8H3,(H,17,20). The van der Waals surface area contributed by atoms with Crippen LogP contribution in [0.25, 0.3) is 0 Å². The van der Waals surface area contributed by atoms with Crippen LogP contribution in [0.1, 0.15) is 71.7 Å². The van der Waals surface area contributed by atoms with Crippen LogP contribution in [0.2, 0.25) is 0 Å². The Labute approximate surface area is 132 Å². The molecule has 0 aliphatic carbocycles. The van der Waals surface area contributed by atoms with E-state index in [0.29, 0.717) is 11.8 Å². The number of rotatable bonds is 3. The minimum Gasteiger partial charge on any atom is -0.345 e. The van der Waals surface area contributed by atoms with Crippen molar-refractivity contribution in [2.75, 3.05) is 5.32 Å². The predicted octanol–water partition coefficient (Wildman–Crippen LogP) is 3.80. The number of nitrogens with one attached hydrogen (secondary N) is 1. The van der Waals surface area contributed by atoms with Crippen LogP contribution < -0.4 is 5.32 Å². The molecule has 1 unspecified atom stereocenters. The number of nitrogens with zero attached hydrogens (tertiary/aromatic N) is 4. The van der Waals surface area contributed by atoms with Gasteiger partial charge >= 0.3 is 0 Å². The molecule has 0 saturated heterocycles. The van der Waals surface area contributed by atoms with Gasteiger partial charge in [0.2, 0.25) is 5.89 Å². The van der Waals surface area contributed by atoms with Crippen LogP contribution in [0.3, 0.4) is 0 Å². The molecular weight excluding hydrogens is 278 g/mol. The van der Waals surface area contributed by atoms with Gasteiger partial charge in [-0.3, -0.25) is 4.68 Å². The fourth-order valence-electron chi connectivity index (χ4n) is 2.10. The Bertz CT molecular complexity index is 642. The highest BCUT2D eigenvalue weighted by molar-refractivity contribution is 5.31. The lowest BCUT2D eigenvalue weighted by Gasteiger charge is -2.19. The van der Waals surface area contributed by atoms with Crippen molar-refractivity contribution in [2.45, 2.75) is 72.4 Å². The van der Waals surface area contributed by atoms with Crippen LogP contribution in [-0.4, -0.2) is 19.9 Å². The number of aromatic nitrogens is 4. The molecule has 22 heavy (non-hydrogen) atoms. The van der Waals surface area contributed by atoms with Crippen molar-refractivity contribution in [3.05, 3.63) is 23.3 Å². The third kappa shape index (κ3) is 3.48. The molecule has 2 aromatic rings. The van der Waals surface area contributed by atoms with E-state index >= 15 is 0 Å². The maximum atomic E-state index is 5.31. The highest BCUT2D eigenvalue weighted by Gasteiger charge is 2.23. The Balaban J connectivity index is 2.17. The first-order valence-electron chi connectivity index (χ1n) is 7.66. The molecule has 0 saturated carbocycles. The Hall–Kier alpha value is -1.85. The fourth-order valence-corrected chi connectivity index (χ4v) is 2.10. The van der Waals surface area contributed by atoms with E-state index in [1.807, 2.05) is 32.4 Å². The molecule has 0 radical (unpaired) electrons. The fraction of sp³-hybridized carbons (Fsp3) is 0.688. The summed E-state index contributed by atoms with van der Waals surface area (Å²) in [6.45, 7) is 16.6. The molecule has 1 atom stereocenters. The van der Waals surface area contributed by atoms with Crippen molar-refractivity contribution in [3.8, 4) is 0 Å². The molecule has 0 fully saturated rings. The average Bonchev–Trinajstić information content (AvgIpc) is 2.93. The molecule has 6 heteroatoms. The monoisotopic (exact) mass is 305 g/mol. The summed E-state index contributed by atoms with van der Waals surface area (Å²) in [5.74, 6) is 1.14. The van der Waals surface area contributed by atoms with Gasteiger partial charge in [-0.15, -0.1) is 0 Å². The Morgan fingerprint density at radius 2 is 1.82 bits per heavy atom. The Morgan fingerprint density at radius 1 is 1.18 bits per heavy atom. The van der Waals surface area contributed by atoms with E-state index in [1.54, 1.807) is 0 Å². The van der Waals surface area contributed by atoms with E-state index in [4.69, 9.17) is 4.52 Å². The molecule has 0 amide bonds. The van der Waals surface area contributed by atoms with Crippen LogP contribution in [0.4, 0.5) is 5.95 Å². The Morgan fingerprint density at radius 3 is 2.27 bits per heavy atom. The van der Waals surface area contributed by atoms with E-state index in [2.05, 4.69) is 54.4 Å². The highest BCUT2D eigenvalue weighted by atomic mass is 16.5. The topological polar surface area (TPSA) is 68.8 Å². The van der Waals surface area contributed by atoms with Crippen LogP contribution in [0, 0.1) is 6.92 Å². The van der Waals surface area contributed by atoms with Gasteiger partial charge in [-0.1, -0.05) is 20.8 Å². The first-order chi connectivity index (χ1) is 9.98. The number of anilines is 1. The third-order valence-corrected chi connectivity index (χ3v) is 3.50. The third-order valence-electron chi connectivity index (χ3n) is 3.50. The second-order valence-electron chi connectivity index (χ2n) is 7.82. The van der Waals surface area contributed by atoms with Gasteiger partial charge in [0.15, 0.2) is 0 Å². The normalized spacial score (nSPS) is 14.2. The van der Waals surface area contributed by atoms with E-state index < -0.39 is 0 Å². The van der Waals surface area contributed by atoms with Crippen LogP contribution in [0.15, 0.2) is 10.7 Å². The minimum atomic E-state index is -0.150. The first-order valence-corrected chi connectivity index (χ1v) is 7.66. The summed E-state index contributed by atoms with van der Waals surface area (Å²) in [6, 6.07) is 0.0570. The molecular formula is C16H27N5O. The van der Waals surface area contributed by atoms with Crippen molar-refractivity contribution in [3.63, 3.8) is 0 Å². The predicted molar refractivity (Wildman–Crippen MR) is 87.0 cm³/mol. The lowest BCUT2D eigenvalue weighted by molar-refractivity contribution is 0.321. The van der Waals surface area contributed by atoms with E-state index in [1.165, 1.54) is 0 Å². The minimum absolute atomic E-state index is 0.0335. The van der Waals surface area contributed by atoms with Gasteiger partial charge in [-0.05, 0) is 39.8 Å². The van der Waals surface area contributed by atoms with Crippen molar-refractivity contribution in [1.29, 1.82) is 0 Å². The summed E-state index contributed by atoms with van der Waals surface area (Å²) < 4.78 is 7.30. The molecule has 0 aromatic carbocycles. The zero-order valence-electron chi connectivity index (χ0n) is 14.9. The van der Waals surface area contributed by atoms with Crippen molar-refractivity contribution >= 4 is 5.95 Å². The molecule has 0 spiro atoms. The van der Waals surface area contributed by atoms with Gasteiger partial charge in [0, 0.05) is 17.2 Å². The summed E-state index contributed by atoms with van der Waals surface area (Å²) in [5, 5.41) is 11.9. The van der Waals surface area contributed by atoms with Gasteiger partial charge in [0.25, 0.3) is 5.95 Å². The number of hydrogen-bond acceptors (Lipinski definition) is 5. The molecule has 122 valence electrons. The van der Waals surface area contributed by atoms with Crippen molar-refractivity contribution < 1.29 is 4.52 Å². The van der Waals surface area contributed by atoms with E-state index in [-0.39, 0.29) is 17.0 Å². The summed E-state index contributed by atoms with van der Waals surface area (Å²) in [5.41, 5.74) is 1.96. The van der Waals surface area contributed by atoms with Gasteiger partial charge < -0.3 is 9.84 Å².